The van der Waals surface area contributed by atoms with Crippen LogP contribution in [0, 0.1) is 0 Å². The molecular formula is C32H29N2O5S-. The summed E-state index contributed by atoms with van der Waals surface area (Å²) in [4.78, 5) is 12.5. The first-order chi connectivity index (χ1) is 19.5. The Bertz CT molecular complexity index is 1600. The number of benzene rings is 4. The zero-order valence-electron chi connectivity index (χ0n) is 21.8. The summed E-state index contributed by atoms with van der Waals surface area (Å²) in [5, 5.41) is 3.32. The SMILES string of the molecule is O=C(Cc1cn(Cc2cccc(OCc3ccccc3)c2)c2ccc(OCc3ccccc3)cc12)NCS(=O)[O-]. The Morgan fingerprint density at radius 1 is 0.775 bits per heavy atom. The van der Waals surface area contributed by atoms with E-state index in [0.717, 1.165) is 38.9 Å². The maximum absolute atomic E-state index is 12.5. The van der Waals surface area contributed by atoms with E-state index in [1.165, 1.54) is 0 Å². The number of fused-ring (bicyclic) bond motifs is 1. The Balaban J connectivity index is 1.37. The van der Waals surface area contributed by atoms with Crippen LogP contribution in [0.25, 0.3) is 10.9 Å². The zero-order chi connectivity index (χ0) is 27.7. The van der Waals surface area contributed by atoms with Gasteiger partial charge in [-0.3, -0.25) is 9.00 Å². The largest absolute Gasteiger partial charge is 0.771 e. The maximum atomic E-state index is 12.5. The third-order valence-corrected chi connectivity index (χ3v) is 6.80. The molecule has 4 aromatic carbocycles. The van der Waals surface area contributed by atoms with E-state index in [0.29, 0.717) is 25.5 Å². The van der Waals surface area contributed by atoms with Crippen molar-refractivity contribution in [3.05, 3.63) is 132 Å². The summed E-state index contributed by atoms with van der Waals surface area (Å²) in [6.07, 6.45) is 1.99. The molecule has 1 amide bonds. The summed E-state index contributed by atoms with van der Waals surface area (Å²) in [6, 6.07) is 33.7. The monoisotopic (exact) mass is 553 g/mol. The zero-order valence-corrected chi connectivity index (χ0v) is 22.6. The minimum absolute atomic E-state index is 0.0447. The number of aromatic nitrogens is 1. The molecule has 5 aromatic rings. The smallest absolute Gasteiger partial charge is 0.225 e. The average molecular weight is 554 g/mol. The minimum atomic E-state index is -2.35. The lowest BCUT2D eigenvalue weighted by atomic mass is 10.1. The minimum Gasteiger partial charge on any atom is -0.771 e. The first kappa shape index (κ1) is 27.2. The Morgan fingerprint density at radius 3 is 2.05 bits per heavy atom. The number of carbonyl (C=O) groups is 1. The summed E-state index contributed by atoms with van der Waals surface area (Å²) in [5.74, 6) is 0.682. The van der Waals surface area contributed by atoms with Crippen LogP contribution in [-0.4, -0.2) is 25.1 Å². The summed E-state index contributed by atoms with van der Waals surface area (Å²) in [6.45, 7) is 1.47. The summed E-state index contributed by atoms with van der Waals surface area (Å²) >= 11 is -2.35. The number of nitrogens with zero attached hydrogens (tertiary/aromatic N) is 1. The number of rotatable bonds is 12. The van der Waals surface area contributed by atoms with Crippen LogP contribution in [-0.2, 0) is 42.1 Å². The van der Waals surface area contributed by atoms with Gasteiger partial charge < -0.3 is 23.9 Å². The molecule has 40 heavy (non-hydrogen) atoms. The van der Waals surface area contributed by atoms with Crippen LogP contribution >= 0.6 is 0 Å². The average Bonchev–Trinajstić information content (AvgIpc) is 3.31. The van der Waals surface area contributed by atoms with Gasteiger partial charge in [0.05, 0.1) is 12.3 Å². The van der Waals surface area contributed by atoms with E-state index >= 15 is 0 Å². The molecule has 0 saturated carbocycles. The van der Waals surface area contributed by atoms with Crippen molar-refractivity contribution in [2.45, 2.75) is 26.2 Å². The fourth-order valence-corrected chi connectivity index (χ4v) is 4.78. The van der Waals surface area contributed by atoms with Gasteiger partial charge in [-0.2, -0.15) is 0 Å². The second-order valence-electron chi connectivity index (χ2n) is 9.38. The van der Waals surface area contributed by atoms with E-state index in [-0.39, 0.29) is 12.3 Å². The predicted molar refractivity (Wildman–Crippen MR) is 155 cm³/mol. The number of hydrogen-bond donors (Lipinski definition) is 1. The van der Waals surface area contributed by atoms with Crippen LogP contribution < -0.4 is 14.8 Å². The molecule has 0 bridgehead atoms. The van der Waals surface area contributed by atoms with Gasteiger partial charge in [0.25, 0.3) is 0 Å². The molecule has 0 aliphatic carbocycles. The van der Waals surface area contributed by atoms with Gasteiger partial charge in [-0.1, -0.05) is 72.8 Å². The highest BCUT2D eigenvalue weighted by Crippen LogP contribution is 2.28. The third kappa shape index (κ3) is 7.37. The van der Waals surface area contributed by atoms with Gasteiger partial charge in [-0.05, 0) is 63.7 Å². The van der Waals surface area contributed by atoms with Crippen molar-refractivity contribution in [2.75, 3.05) is 5.88 Å². The highest BCUT2D eigenvalue weighted by molar-refractivity contribution is 7.79. The fraction of sp³-hybridized carbons (Fsp3) is 0.156. The Hall–Kier alpha value is -4.40. The summed E-state index contributed by atoms with van der Waals surface area (Å²) < 4.78 is 36.0. The molecular weight excluding hydrogens is 524 g/mol. The Morgan fingerprint density at radius 2 is 1.40 bits per heavy atom. The van der Waals surface area contributed by atoms with Crippen LogP contribution in [0.3, 0.4) is 0 Å². The van der Waals surface area contributed by atoms with Crippen molar-refractivity contribution in [3.63, 3.8) is 0 Å². The predicted octanol–water partition coefficient (Wildman–Crippen LogP) is 5.34. The van der Waals surface area contributed by atoms with Crippen molar-refractivity contribution >= 4 is 27.9 Å². The summed E-state index contributed by atoms with van der Waals surface area (Å²) in [5.41, 5.74) is 4.92. The molecule has 0 aliphatic rings. The summed E-state index contributed by atoms with van der Waals surface area (Å²) in [7, 11) is 0. The molecule has 0 radical (unpaired) electrons. The van der Waals surface area contributed by atoms with E-state index < -0.39 is 17.0 Å². The van der Waals surface area contributed by atoms with E-state index in [4.69, 9.17) is 9.47 Å². The molecule has 1 N–H and O–H groups in total. The molecule has 0 fully saturated rings. The van der Waals surface area contributed by atoms with Gasteiger partial charge in [-0.25, -0.2) is 0 Å². The van der Waals surface area contributed by atoms with Gasteiger partial charge in [0, 0.05) is 23.6 Å². The maximum Gasteiger partial charge on any atom is 0.225 e. The Kier molecular flexibility index (Phi) is 8.90. The molecule has 5 rings (SSSR count). The first-order valence-corrected chi connectivity index (χ1v) is 14.1. The van der Waals surface area contributed by atoms with Gasteiger partial charge in [0.1, 0.15) is 24.7 Å². The normalized spacial score (nSPS) is 11.7. The first-order valence-electron chi connectivity index (χ1n) is 12.9. The van der Waals surface area contributed by atoms with Crippen LogP contribution in [0.4, 0.5) is 0 Å². The number of hydrogen-bond acceptors (Lipinski definition) is 5. The van der Waals surface area contributed by atoms with Crippen molar-refractivity contribution in [2.24, 2.45) is 0 Å². The number of amides is 1. The third-order valence-electron chi connectivity index (χ3n) is 6.42. The van der Waals surface area contributed by atoms with Gasteiger partial charge in [0.15, 0.2) is 0 Å². The standard InChI is InChI=1S/C32H30N2O5S/c35-32(33-23-40(36)37)17-27-20-34(19-26-12-7-13-28(16-26)38-21-24-8-3-1-4-9-24)31-15-14-29(18-30(27)31)39-22-25-10-5-2-6-11-25/h1-16,18,20H,17,19,21-23H2,(H,33,35)(H,36,37)/p-1. The van der Waals surface area contributed by atoms with Gasteiger partial charge in [-0.15, -0.1) is 0 Å². The van der Waals surface area contributed by atoms with Crippen molar-refractivity contribution in [1.82, 2.24) is 9.88 Å². The molecule has 1 unspecified atom stereocenters. The molecule has 0 spiro atoms. The van der Waals surface area contributed by atoms with Crippen LogP contribution in [0.1, 0.15) is 22.3 Å². The lowest BCUT2D eigenvalue weighted by Crippen LogP contribution is -2.28. The lowest BCUT2D eigenvalue weighted by molar-refractivity contribution is -0.120. The molecule has 1 heterocycles. The van der Waals surface area contributed by atoms with E-state index in [2.05, 4.69) is 9.88 Å². The fourth-order valence-electron chi connectivity index (χ4n) is 4.50. The quantitative estimate of drug-likeness (QED) is 0.211. The van der Waals surface area contributed by atoms with Gasteiger partial charge in [0.2, 0.25) is 5.91 Å². The lowest BCUT2D eigenvalue weighted by Gasteiger charge is -2.10. The van der Waals surface area contributed by atoms with Crippen molar-refractivity contribution in [1.29, 1.82) is 0 Å². The molecule has 1 atom stereocenters. The topological polar surface area (TPSA) is 92.6 Å². The molecule has 8 heteroatoms. The van der Waals surface area contributed by atoms with Crippen LogP contribution in [0.2, 0.25) is 0 Å². The highest BCUT2D eigenvalue weighted by Gasteiger charge is 2.14. The number of carbonyl (C=O) groups excluding carboxylic acids is 1. The molecule has 1 aromatic heterocycles. The van der Waals surface area contributed by atoms with Crippen molar-refractivity contribution in [3.8, 4) is 11.5 Å². The van der Waals surface area contributed by atoms with E-state index in [1.54, 1.807) is 0 Å². The highest BCUT2D eigenvalue weighted by atomic mass is 32.2. The molecule has 0 aliphatic heterocycles. The van der Waals surface area contributed by atoms with E-state index in [9.17, 15) is 13.6 Å². The second kappa shape index (κ2) is 13.1. The second-order valence-corrected chi connectivity index (χ2v) is 10.3. The molecule has 204 valence electrons. The molecule has 7 nitrogen and oxygen atoms in total. The Labute approximate surface area is 235 Å². The van der Waals surface area contributed by atoms with Crippen molar-refractivity contribution < 1.29 is 23.0 Å². The number of ether oxygens (including phenoxy) is 2. The van der Waals surface area contributed by atoms with Gasteiger partial charge >= 0.3 is 0 Å². The number of nitrogens with one attached hydrogen (secondary N) is 1. The van der Waals surface area contributed by atoms with Crippen LogP contribution in [0.15, 0.2) is 109 Å². The molecule has 0 saturated heterocycles. The van der Waals surface area contributed by atoms with Crippen LogP contribution in [0.5, 0.6) is 11.5 Å². The van der Waals surface area contributed by atoms with E-state index in [1.807, 2.05) is 109 Å².